The highest BCUT2D eigenvalue weighted by atomic mass is 32.1. The summed E-state index contributed by atoms with van der Waals surface area (Å²) < 4.78 is 11.3. The summed E-state index contributed by atoms with van der Waals surface area (Å²) in [5, 5.41) is 6.26. The zero-order valence-corrected chi connectivity index (χ0v) is 15.5. The summed E-state index contributed by atoms with van der Waals surface area (Å²) in [5.41, 5.74) is 2.55. The van der Waals surface area contributed by atoms with E-state index in [9.17, 15) is 0 Å². The number of thiophene rings is 1. The van der Waals surface area contributed by atoms with Gasteiger partial charge in [0.05, 0.1) is 6.54 Å². The van der Waals surface area contributed by atoms with Gasteiger partial charge in [0.2, 0.25) is 0 Å². The van der Waals surface area contributed by atoms with Gasteiger partial charge < -0.3 is 19.7 Å². The third kappa shape index (κ3) is 3.80. The average Bonchev–Trinajstić information content (AvgIpc) is 3.19. The monoisotopic (exact) mass is 372 g/mol. The van der Waals surface area contributed by atoms with Gasteiger partial charge in [0.15, 0.2) is 16.6 Å². The van der Waals surface area contributed by atoms with Gasteiger partial charge in [-0.2, -0.15) is 0 Å². The first-order valence-electron chi connectivity index (χ1n) is 8.44. The summed E-state index contributed by atoms with van der Waals surface area (Å²) in [5.74, 6) is 1.69. The molecule has 0 saturated carbocycles. The molecule has 0 radical (unpaired) electrons. The zero-order chi connectivity index (χ0) is 17.1. The van der Waals surface area contributed by atoms with Gasteiger partial charge in [0.1, 0.15) is 13.2 Å². The summed E-state index contributed by atoms with van der Waals surface area (Å²) in [6.07, 6.45) is 3.23. The van der Waals surface area contributed by atoms with E-state index in [-0.39, 0.29) is 0 Å². The van der Waals surface area contributed by atoms with Crippen LogP contribution in [-0.2, 0) is 6.54 Å². The molecule has 1 N–H and O–H groups in total. The minimum atomic E-state index is 0.619. The van der Waals surface area contributed by atoms with Gasteiger partial charge in [-0.1, -0.05) is 18.2 Å². The van der Waals surface area contributed by atoms with E-state index in [1.54, 1.807) is 11.3 Å². The highest BCUT2D eigenvalue weighted by molar-refractivity contribution is 7.80. The SMILES string of the molecule is S=C(NCc1cccs1)N1CC=C(c2ccc3c(c2)OCCO3)CC1. The van der Waals surface area contributed by atoms with E-state index >= 15 is 0 Å². The molecule has 1 aromatic heterocycles. The van der Waals surface area contributed by atoms with Crippen LogP contribution in [0.25, 0.3) is 5.57 Å². The molecule has 0 bridgehead atoms. The molecule has 2 aromatic rings. The van der Waals surface area contributed by atoms with Crippen molar-refractivity contribution in [3.05, 3.63) is 52.2 Å². The van der Waals surface area contributed by atoms with Crippen molar-refractivity contribution in [1.82, 2.24) is 10.2 Å². The van der Waals surface area contributed by atoms with Crippen molar-refractivity contribution in [2.24, 2.45) is 0 Å². The minimum Gasteiger partial charge on any atom is -0.486 e. The number of ether oxygens (including phenoxy) is 2. The molecule has 2 aliphatic heterocycles. The van der Waals surface area contributed by atoms with Crippen LogP contribution in [0.1, 0.15) is 16.9 Å². The number of nitrogens with one attached hydrogen (secondary N) is 1. The second kappa shape index (κ2) is 7.45. The van der Waals surface area contributed by atoms with Gasteiger partial charge in [-0.3, -0.25) is 0 Å². The number of hydrogen-bond donors (Lipinski definition) is 1. The Labute approximate surface area is 157 Å². The lowest BCUT2D eigenvalue weighted by molar-refractivity contribution is 0.171. The van der Waals surface area contributed by atoms with E-state index in [0.717, 1.165) is 42.7 Å². The molecule has 0 aliphatic carbocycles. The predicted molar refractivity (Wildman–Crippen MR) is 105 cm³/mol. The normalized spacial score (nSPS) is 16.3. The number of benzene rings is 1. The Hall–Kier alpha value is -2.05. The maximum Gasteiger partial charge on any atom is 0.169 e. The van der Waals surface area contributed by atoms with Crippen LogP contribution >= 0.6 is 23.6 Å². The lowest BCUT2D eigenvalue weighted by Gasteiger charge is -2.29. The lowest BCUT2D eigenvalue weighted by Crippen LogP contribution is -2.41. The molecule has 25 heavy (non-hydrogen) atoms. The van der Waals surface area contributed by atoms with Crippen LogP contribution in [0, 0.1) is 0 Å². The van der Waals surface area contributed by atoms with Crippen LogP contribution in [0.3, 0.4) is 0 Å². The van der Waals surface area contributed by atoms with Crippen molar-refractivity contribution in [3.8, 4) is 11.5 Å². The molecule has 130 valence electrons. The first-order valence-corrected chi connectivity index (χ1v) is 9.72. The molecule has 2 aliphatic rings. The van der Waals surface area contributed by atoms with Crippen LogP contribution in [0.15, 0.2) is 41.8 Å². The molecular formula is C19H20N2O2S2. The first kappa shape index (κ1) is 16.4. The molecule has 0 atom stereocenters. The van der Waals surface area contributed by atoms with Crippen LogP contribution in [0.2, 0.25) is 0 Å². The standard InChI is InChI=1S/C19H20N2O2S2/c24-19(20-13-16-2-1-11-25-16)21-7-5-14(6-8-21)15-3-4-17-18(12-15)23-10-9-22-17/h1-5,11-12H,6-10,13H2,(H,20,24). The maximum absolute atomic E-state index is 5.69. The molecule has 4 rings (SSSR count). The fraction of sp³-hybridized carbons (Fsp3) is 0.316. The summed E-state index contributed by atoms with van der Waals surface area (Å²) in [6, 6.07) is 10.4. The smallest absolute Gasteiger partial charge is 0.169 e. The van der Waals surface area contributed by atoms with Gasteiger partial charge in [-0.15, -0.1) is 11.3 Å². The van der Waals surface area contributed by atoms with Gasteiger partial charge in [-0.25, -0.2) is 0 Å². The second-order valence-corrected chi connectivity index (χ2v) is 7.44. The summed E-state index contributed by atoms with van der Waals surface area (Å²) in [6.45, 7) is 3.80. The van der Waals surface area contributed by atoms with Crippen LogP contribution in [0.5, 0.6) is 11.5 Å². The van der Waals surface area contributed by atoms with Crippen molar-refractivity contribution in [2.45, 2.75) is 13.0 Å². The Morgan fingerprint density at radius 1 is 1.20 bits per heavy atom. The quantitative estimate of drug-likeness (QED) is 0.831. The maximum atomic E-state index is 5.69. The Bertz CT molecular complexity index is 787. The Morgan fingerprint density at radius 2 is 2.08 bits per heavy atom. The molecular weight excluding hydrogens is 352 g/mol. The molecule has 3 heterocycles. The van der Waals surface area contributed by atoms with Crippen LogP contribution in [-0.4, -0.2) is 36.3 Å². The van der Waals surface area contributed by atoms with Crippen molar-refractivity contribution >= 4 is 34.2 Å². The molecule has 6 heteroatoms. The van der Waals surface area contributed by atoms with Gasteiger partial charge in [0.25, 0.3) is 0 Å². The third-order valence-electron chi connectivity index (χ3n) is 4.40. The van der Waals surface area contributed by atoms with E-state index in [0.29, 0.717) is 13.2 Å². The number of thiocarbonyl (C=S) groups is 1. The van der Waals surface area contributed by atoms with Crippen LogP contribution < -0.4 is 14.8 Å². The highest BCUT2D eigenvalue weighted by Gasteiger charge is 2.18. The number of hydrogen-bond acceptors (Lipinski definition) is 4. The van der Waals surface area contributed by atoms with Gasteiger partial charge in [-0.05, 0) is 53.4 Å². The van der Waals surface area contributed by atoms with Crippen molar-refractivity contribution in [3.63, 3.8) is 0 Å². The molecule has 1 aromatic carbocycles. The Balaban J connectivity index is 1.37. The van der Waals surface area contributed by atoms with E-state index in [1.807, 2.05) is 6.07 Å². The van der Waals surface area contributed by atoms with E-state index in [1.165, 1.54) is 16.0 Å². The molecule has 0 unspecified atom stereocenters. The van der Waals surface area contributed by atoms with E-state index in [4.69, 9.17) is 21.7 Å². The van der Waals surface area contributed by atoms with Gasteiger partial charge in [0, 0.05) is 18.0 Å². The third-order valence-corrected chi connectivity index (χ3v) is 5.68. The summed E-state index contributed by atoms with van der Waals surface area (Å²) in [7, 11) is 0. The van der Waals surface area contributed by atoms with Gasteiger partial charge >= 0.3 is 0 Å². The largest absolute Gasteiger partial charge is 0.486 e. The topological polar surface area (TPSA) is 33.7 Å². The highest BCUT2D eigenvalue weighted by Crippen LogP contribution is 2.34. The van der Waals surface area contributed by atoms with Crippen molar-refractivity contribution in [2.75, 3.05) is 26.3 Å². The Kier molecular flexibility index (Phi) is 4.90. The average molecular weight is 373 g/mol. The molecule has 4 nitrogen and oxygen atoms in total. The fourth-order valence-corrected chi connectivity index (χ4v) is 3.93. The lowest BCUT2D eigenvalue weighted by atomic mass is 9.99. The summed E-state index contributed by atoms with van der Waals surface area (Å²) >= 11 is 7.28. The van der Waals surface area contributed by atoms with Crippen LogP contribution in [0.4, 0.5) is 0 Å². The predicted octanol–water partition coefficient (Wildman–Crippen LogP) is 3.68. The van der Waals surface area contributed by atoms with Crippen molar-refractivity contribution in [1.29, 1.82) is 0 Å². The molecule has 0 fully saturated rings. The molecule has 0 amide bonds. The summed E-state index contributed by atoms with van der Waals surface area (Å²) in [4.78, 5) is 3.51. The van der Waals surface area contributed by atoms with E-state index < -0.39 is 0 Å². The first-order chi connectivity index (χ1) is 12.3. The number of rotatable bonds is 3. The van der Waals surface area contributed by atoms with E-state index in [2.05, 4.69) is 45.9 Å². The minimum absolute atomic E-state index is 0.619. The number of nitrogens with zero attached hydrogens (tertiary/aromatic N) is 1. The molecule has 0 saturated heterocycles. The Morgan fingerprint density at radius 3 is 2.84 bits per heavy atom. The second-order valence-electron chi connectivity index (χ2n) is 6.02. The van der Waals surface area contributed by atoms with Crippen molar-refractivity contribution < 1.29 is 9.47 Å². The molecule has 0 spiro atoms. The number of fused-ring (bicyclic) bond motifs is 1. The fourth-order valence-electron chi connectivity index (χ4n) is 3.05. The zero-order valence-electron chi connectivity index (χ0n) is 13.9.